The van der Waals surface area contributed by atoms with Crippen LogP contribution in [0.15, 0.2) is 34.3 Å². The Bertz CT molecular complexity index is 691. The maximum atomic E-state index is 12.5. The second-order valence-electron chi connectivity index (χ2n) is 7.67. The van der Waals surface area contributed by atoms with Gasteiger partial charge in [-0.1, -0.05) is 31.4 Å². The van der Waals surface area contributed by atoms with Crippen LogP contribution in [0.4, 0.5) is 4.53 Å². The lowest BCUT2D eigenvalue weighted by Crippen LogP contribution is -2.51. The molecule has 1 spiro atoms. The van der Waals surface area contributed by atoms with Gasteiger partial charge in [0.25, 0.3) is 0 Å². The van der Waals surface area contributed by atoms with Gasteiger partial charge in [-0.05, 0) is 56.8 Å². The molecule has 0 radical (unpaired) electrons. The van der Waals surface area contributed by atoms with Crippen LogP contribution in [0, 0.1) is 5.92 Å². The summed E-state index contributed by atoms with van der Waals surface area (Å²) >= 11 is 0. The molecule has 1 aliphatic carbocycles. The molecule has 2 fully saturated rings. The van der Waals surface area contributed by atoms with Gasteiger partial charge in [0.05, 0.1) is 0 Å². The van der Waals surface area contributed by atoms with E-state index in [2.05, 4.69) is 15.6 Å². The molecule has 1 saturated carbocycles. The van der Waals surface area contributed by atoms with E-state index in [0.717, 1.165) is 49.8 Å². The zero-order valence-electron chi connectivity index (χ0n) is 15.1. The number of benzene rings is 1. The molecule has 1 aromatic carbocycles. The normalized spacial score (nSPS) is 22.8. The summed E-state index contributed by atoms with van der Waals surface area (Å²) in [7, 11) is 0. The van der Waals surface area contributed by atoms with Gasteiger partial charge in [-0.3, -0.25) is 9.93 Å². The highest BCUT2D eigenvalue weighted by molar-refractivity contribution is 6.14. The van der Waals surface area contributed by atoms with Crippen LogP contribution in [0.25, 0.3) is 0 Å². The van der Waals surface area contributed by atoms with E-state index in [1.54, 1.807) is 18.2 Å². The van der Waals surface area contributed by atoms with Crippen LogP contribution < -0.4 is 15.6 Å². The average molecular weight is 358 g/mol. The van der Waals surface area contributed by atoms with Gasteiger partial charge in [0.1, 0.15) is 11.4 Å². The minimum atomic E-state index is -0.262. The first-order valence-corrected chi connectivity index (χ1v) is 9.82. The van der Waals surface area contributed by atoms with Crippen molar-refractivity contribution in [1.82, 2.24) is 10.6 Å². The molecule has 6 heteroatoms. The van der Waals surface area contributed by atoms with Crippen LogP contribution in [0.2, 0.25) is 0 Å². The third-order valence-corrected chi connectivity index (χ3v) is 5.87. The molecule has 5 nitrogen and oxygen atoms in total. The molecule has 0 unspecified atom stereocenters. The molecule has 0 amide bonds. The summed E-state index contributed by atoms with van der Waals surface area (Å²) in [5.74, 6) is 2.59. The number of hydrogen-bond donors (Lipinski definition) is 2. The molecular weight excluding hydrogens is 331 g/mol. The Labute approximate surface area is 154 Å². The van der Waals surface area contributed by atoms with Gasteiger partial charge in [0.2, 0.25) is 0 Å². The van der Waals surface area contributed by atoms with E-state index in [4.69, 9.17) is 9.98 Å². The van der Waals surface area contributed by atoms with E-state index >= 15 is 0 Å². The van der Waals surface area contributed by atoms with Gasteiger partial charge in [0.15, 0.2) is 11.6 Å². The number of aliphatic imine (C=N–C) groups is 2. The molecule has 0 aromatic heterocycles. The molecule has 1 saturated heterocycles. The lowest BCUT2D eigenvalue weighted by molar-refractivity contribution is -0.00621. The lowest BCUT2D eigenvalue weighted by atomic mass is 9.86. The predicted octanol–water partition coefficient (Wildman–Crippen LogP) is 3.40. The quantitative estimate of drug-likeness (QED) is 0.867. The Balaban J connectivity index is 1.55. The Kier molecular flexibility index (Phi) is 5.20. The molecule has 3 aliphatic rings. The minimum absolute atomic E-state index is 0.184. The fourth-order valence-corrected chi connectivity index (χ4v) is 4.33. The van der Waals surface area contributed by atoms with Gasteiger partial charge in [-0.2, -0.15) is 0 Å². The average Bonchev–Trinajstić information content (AvgIpc) is 3.05. The number of nitrogens with one attached hydrogen (secondary N) is 2. The molecular formula is C20H27FN4O. The third kappa shape index (κ3) is 3.61. The molecule has 26 heavy (non-hydrogen) atoms. The van der Waals surface area contributed by atoms with Crippen LogP contribution in [0.5, 0.6) is 5.75 Å². The molecule has 2 N–H and O–H groups in total. The van der Waals surface area contributed by atoms with Gasteiger partial charge >= 0.3 is 0 Å². The second kappa shape index (κ2) is 7.74. The fourth-order valence-electron chi connectivity index (χ4n) is 4.33. The maximum absolute atomic E-state index is 12.5. The van der Waals surface area contributed by atoms with Crippen molar-refractivity contribution in [2.45, 2.75) is 50.5 Å². The zero-order valence-corrected chi connectivity index (χ0v) is 15.1. The molecule has 2 heterocycles. The molecule has 0 bridgehead atoms. The van der Waals surface area contributed by atoms with Gasteiger partial charge in [-0.25, -0.2) is 4.99 Å². The summed E-state index contributed by atoms with van der Waals surface area (Å²) in [6, 6.07) is 6.92. The van der Waals surface area contributed by atoms with Gasteiger partial charge in [0, 0.05) is 16.6 Å². The molecule has 1 aromatic rings. The van der Waals surface area contributed by atoms with E-state index in [-0.39, 0.29) is 11.3 Å². The smallest absolute Gasteiger partial charge is 0.172 e. The monoisotopic (exact) mass is 358 g/mol. The van der Waals surface area contributed by atoms with E-state index < -0.39 is 0 Å². The number of hydrogen-bond acceptors (Lipinski definition) is 5. The predicted molar refractivity (Wildman–Crippen MR) is 102 cm³/mol. The number of halogens is 1. The Morgan fingerprint density at radius 2 is 2.00 bits per heavy atom. The first-order chi connectivity index (χ1) is 12.8. The highest BCUT2D eigenvalue weighted by Gasteiger charge is 2.41. The minimum Gasteiger partial charge on any atom is -0.371 e. The fraction of sp³-hybridized carbons (Fsp3) is 0.600. The van der Waals surface area contributed by atoms with Crippen molar-refractivity contribution in [3.8, 4) is 5.75 Å². The highest BCUT2D eigenvalue weighted by atomic mass is 19.3. The van der Waals surface area contributed by atoms with E-state index in [9.17, 15) is 4.53 Å². The largest absolute Gasteiger partial charge is 0.371 e. The Morgan fingerprint density at radius 1 is 1.19 bits per heavy atom. The molecule has 0 atom stereocenters. The van der Waals surface area contributed by atoms with E-state index in [1.807, 2.05) is 6.07 Å². The van der Waals surface area contributed by atoms with Crippen LogP contribution in [0.1, 0.15) is 50.5 Å². The Hall–Kier alpha value is -1.95. The summed E-state index contributed by atoms with van der Waals surface area (Å²) in [4.78, 5) is 13.7. The number of amidine groups is 2. The van der Waals surface area contributed by atoms with Crippen molar-refractivity contribution in [1.29, 1.82) is 0 Å². The van der Waals surface area contributed by atoms with Crippen LogP contribution in [-0.2, 0) is 0 Å². The van der Waals surface area contributed by atoms with Gasteiger partial charge < -0.3 is 10.6 Å². The van der Waals surface area contributed by atoms with E-state index in [0.29, 0.717) is 5.84 Å². The van der Waals surface area contributed by atoms with Crippen LogP contribution >= 0.6 is 0 Å². The van der Waals surface area contributed by atoms with Crippen molar-refractivity contribution in [2.24, 2.45) is 15.9 Å². The molecule has 2 aliphatic heterocycles. The topological polar surface area (TPSA) is 58.0 Å². The lowest BCUT2D eigenvalue weighted by Gasteiger charge is -2.33. The first-order valence-electron chi connectivity index (χ1n) is 9.82. The van der Waals surface area contributed by atoms with Crippen molar-refractivity contribution in [3.05, 3.63) is 29.8 Å². The first kappa shape index (κ1) is 17.5. The van der Waals surface area contributed by atoms with Crippen molar-refractivity contribution < 1.29 is 9.47 Å². The third-order valence-electron chi connectivity index (χ3n) is 5.87. The number of nitrogens with zero attached hydrogens (tertiary/aromatic N) is 2. The summed E-state index contributed by atoms with van der Waals surface area (Å²) in [6.07, 6.45) is 8.53. The highest BCUT2D eigenvalue weighted by Crippen LogP contribution is 2.31. The standard InChI is InChI=1S/C20H27FN4O/c21-26-17-8-4-7-16(13-17)18-24-19(20(25-18)9-11-22-12-10-20)23-14-15-5-2-1-3-6-15/h4,7-8,13,15,22H,1-3,5-6,9-12,14H2,(H,23,24,25). The van der Waals surface area contributed by atoms with Crippen molar-refractivity contribution in [2.75, 3.05) is 19.6 Å². The number of rotatable bonds is 4. The summed E-state index contributed by atoms with van der Waals surface area (Å²) < 4.78 is 12.5. The van der Waals surface area contributed by atoms with Crippen LogP contribution in [-0.4, -0.2) is 36.8 Å². The van der Waals surface area contributed by atoms with Crippen molar-refractivity contribution >= 4 is 11.7 Å². The summed E-state index contributed by atoms with van der Waals surface area (Å²) in [6.45, 7) is 2.85. The Morgan fingerprint density at radius 3 is 2.77 bits per heavy atom. The summed E-state index contributed by atoms with van der Waals surface area (Å²) in [5.41, 5.74) is 0.537. The molecule has 4 rings (SSSR count). The van der Waals surface area contributed by atoms with E-state index in [1.165, 1.54) is 32.1 Å². The van der Waals surface area contributed by atoms with Crippen molar-refractivity contribution in [3.63, 3.8) is 0 Å². The maximum Gasteiger partial charge on any atom is 0.172 e. The second-order valence-corrected chi connectivity index (χ2v) is 7.67. The van der Waals surface area contributed by atoms with Gasteiger partial charge in [-0.15, -0.1) is 0 Å². The van der Waals surface area contributed by atoms with Crippen LogP contribution in [0.3, 0.4) is 0 Å². The molecule has 140 valence electrons. The number of piperidine rings is 1. The zero-order chi connectivity index (χ0) is 17.8. The SMILES string of the molecule is FOc1cccc(C2=NC3(CCNCC3)C(NCC3CCCCC3)=N2)c1. The summed E-state index contributed by atoms with van der Waals surface area (Å²) in [5, 5.41) is 7.06.